The van der Waals surface area contributed by atoms with Crippen molar-refractivity contribution in [3.05, 3.63) is 92.4 Å². The van der Waals surface area contributed by atoms with E-state index in [4.69, 9.17) is 44.3 Å². The molecule has 11 heteroatoms. The first-order chi connectivity index (χ1) is 16.8. The number of nitrogens with one attached hydrogen (secondary N) is 2. The fourth-order valence-electron chi connectivity index (χ4n) is 2.77. The molecule has 0 spiro atoms. The Bertz CT molecular complexity index is 1300. The lowest BCUT2D eigenvalue weighted by atomic mass is 10.2. The average Bonchev–Trinajstić information content (AvgIpc) is 2.83. The number of carbonyl (C=O) groups is 3. The van der Waals surface area contributed by atoms with Gasteiger partial charge in [0.25, 0.3) is 11.8 Å². The summed E-state index contributed by atoms with van der Waals surface area (Å²) in [6.45, 7) is -0.284. The predicted octanol–water partition coefficient (Wildman–Crippen LogP) is 4.75. The number of benzene rings is 3. The van der Waals surface area contributed by atoms with Gasteiger partial charge >= 0.3 is 5.97 Å². The van der Waals surface area contributed by atoms with Crippen LogP contribution >= 0.6 is 34.8 Å². The molecule has 0 bridgehead atoms. The Morgan fingerprint density at radius 1 is 0.943 bits per heavy atom. The summed E-state index contributed by atoms with van der Waals surface area (Å²) in [5.74, 6) is -1.24. The van der Waals surface area contributed by atoms with Gasteiger partial charge in [-0.3, -0.25) is 9.59 Å². The molecule has 2 amide bonds. The van der Waals surface area contributed by atoms with Crippen LogP contribution < -0.4 is 20.2 Å². The fraction of sp³-hybridized carbons (Fsp3) is 0.0833. The monoisotopic (exact) mass is 533 g/mol. The average molecular weight is 535 g/mol. The molecule has 2 N–H and O–H groups in total. The maximum Gasteiger partial charge on any atom is 0.345 e. The number of carbonyl (C=O) groups excluding carboxylic acids is 3. The quantitative estimate of drug-likeness (QED) is 0.188. The third kappa shape index (κ3) is 7.45. The number of amides is 2. The molecule has 35 heavy (non-hydrogen) atoms. The molecule has 0 saturated heterocycles. The van der Waals surface area contributed by atoms with Gasteiger partial charge in [0, 0.05) is 15.6 Å². The third-order valence-corrected chi connectivity index (χ3v) is 5.22. The first-order valence-corrected chi connectivity index (χ1v) is 11.1. The van der Waals surface area contributed by atoms with Crippen LogP contribution in [-0.2, 0) is 4.79 Å². The Kier molecular flexibility index (Phi) is 9.08. The number of esters is 1. The van der Waals surface area contributed by atoms with Crippen LogP contribution in [0.4, 0.5) is 0 Å². The molecule has 180 valence electrons. The van der Waals surface area contributed by atoms with E-state index in [0.717, 1.165) is 0 Å². The van der Waals surface area contributed by atoms with Gasteiger partial charge in [-0.1, -0.05) is 40.9 Å². The second-order valence-corrected chi connectivity index (χ2v) is 8.19. The van der Waals surface area contributed by atoms with Crippen LogP contribution in [0.5, 0.6) is 11.5 Å². The molecule has 0 fully saturated rings. The van der Waals surface area contributed by atoms with E-state index in [0.29, 0.717) is 21.2 Å². The molecular weight excluding hydrogens is 517 g/mol. The van der Waals surface area contributed by atoms with Crippen molar-refractivity contribution in [2.45, 2.75) is 0 Å². The normalized spacial score (nSPS) is 10.6. The molecule has 3 rings (SSSR count). The van der Waals surface area contributed by atoms with Gasteiger partial charge in [0.1, 0.15) is 0 Å². The van der Waals surface area contributed by atoms with Crippen molar-refractivity contribution in [2.75, 3.05) is 13.7 Å². The van der Waals surface area contributed by atoms with Gasteiger partial charge in [0.05, 0.1) is 30.5 Å². The molecule has 8 nitrogen and oxygen atoms in total. The van der Waals surface area contributed by atoms with Crippen LogP contribution in [0.3, 0.4) is 0 Å². The van der Waals surface area contributed by atoms with Gasteiger partial charge in [-0.15, -0.1) is 0 Å². The highest BCUT2D eigenvalue weighted by molar-refractivity contribution is 6.36. The molecule has 0 saturated carbocycles. The molecule has 0 heterocycles. The summed E-state index contributed by atoms with van der Waals surface area (Å²) in [5.41, 5.74) is 3.33. The Morgan fingerprint density at radius 2 is 1.71 bits per heavy atom. The van der Waals surface area contributed by atoms with Gasteiger partial charge in [-0.05, 0) is 60.2 Å². The molecular formula is C24H18Cl3N3O5. The van der Waals surface area contributed by atoms with Crippen molar-refractivity contribution in [3.8, 4) is 11.5 Å². The SMILES string of the molecule is COc1cc(C=NNC(=O)CNC(=O)c2cccc(Cl)c2)ccc1OC(=O)c1ccc(Cl)cc1Cl. The van der Waals surface area contributed by atoms with E-state index in [1.807, 2.05) is 0 Å². The van der Waals surface area contributed by atoms with Crippen LogP contribution in [0.15, 0.2) is 65.8 Å². The molecule has 0 aliphatic heterocycles. The zero-order valence-corrected chi connectivity index (χ0v) is 20.4. The summed E-state index contributed by atoms with van der Waals surface area (Å²) >= 11 is 17.8. The van der Waals surface area contributed by atoms with Crippen LogP contribution in [0.2, 0.25) is 15.1 Å². The second kappa shape index (κ2) is 12.2. The van der Waals surface area contributed by atoms with Crippen LogP contribution in [0.25, 0.3) is 0 Å². The first kappa shape index (κ1) is 26.0. The number of nitrogens with zero attached hydrogens (tertiary/aromatic N) is 1. The Labute approximate surface area is 215 Å². The van der Waals surface area contributed by atoms with Gasteiger partial charge in [-0.2, -0.15) is 5.10 Å². The lowest BCUT2D eigenvalue weighted by Crippen LogP contribution is -2.34. The van der Waals surface area contributed by atoms with Gasteiger partial charge in [0.2, 0.25) is 0 Å². The van der Waals surface area contributed by atoms with Gasteiger partial charge in [0.15, 0.2) is 11.5 Å². The summed E-state index contributed by atoms with van der Waals surface area (Å²) in [4.78, 5) is 36.4. The van der Waals surface area contributed by atoms with Crippen LogP contribution in [-0.4, -0.2) is 37.7 Å². The fourth-order valence-corrected chi connectivity index (χ4v) is 3.45. The predicted molar refractivity (Wildman–Crippen MR) is 134 cm³/mol. The zero-order valence-electron chi connectivity index (χ0n) is 18.2. The van der Waals surface area contributed by atoms with Crippen molar-refractivity contribution in [1.82, 2.24) is 10.7 Å². The second-order valence-electron chi connectivity index (χ2n) is 6.91. The molecule has 3 aromatic rings. The number of halogens is 3. The standard InChI is InChI=1S/C24H18Cl3N3O5/c1-34-21-9-14(5-8-20(21)35-24(33)18-7-6-17(26)11-19(18)27)12-29-30-22(31)13-28-23(32)15-3-2-4-16(25)10-15/h2-12H,13H2,1H3,(H,28,32)(H,30,31). The minimum atomic E-state index is -0.682. The maximum atomic E-state index is 12.4. The number of ether oxygens (including phenoxy) is 2. The lowest BCUT2D eigenvalue weighted by molar-refractivity contribution is -0.120. The zero-order chi connectivity index (χ0) is 25.4. The van der Waals surface area contributed by atoms with Gasteiger partial charge in [-0.25, -0.2) is 10.2 Å². The highest BCUT2D eigenvalue weighted by Gasteiger charge is 2.16. The molecule has 0 atom stereocenters. The van der Waals surface area contributed by atoms with Crippen molar-refractivity contribution in [1.29, 1.82) is 0 Å². The summed E-state index contributed by atoms with van der Waals surface area (Å²) in [7, 11) is 1.41. The smallest absolute Gasteiger partial charge is 0.345 e. The largest absolute Gasteiger partial charge is 0.493 e. The number of hydrogen-bond donors (Lipinski definition) is 2. The number of rotatable bonds is 8. The van der Waals surface area contributed by atoms with Crippen molar-refractivity contribution >= 4 is 58.8 Å². The third-order valence-electron chi connectivity index (χ3n) is 4.44. The maximum absolute atomic E-state index is 12.4. The summed E-state index contributed by atoms with van der Waals surface area (Å²) in [6, 6.07) is 15.4. The first-order valence-electron chi connectivity index (χ1n) is 9.97. The van der Waals surface area contributed by atoms with E-state index in [2.05, 4.69) is 15.8 Å². The highest BCUT2D eigenvalue weighted by Crippen LogP contribution is 2.30. The summed E-state index contributed by atoms with van der Waals surface area (Å²) < 4.78 is 10.7. The van der Waals surface area contributed by atoms with E-state index < -0.39 is 17.8 Å². The number of hydrazone groups is 1. The van der Waals surface area contributed by atoms with Crippen molar-refractivity contribution in [3.63, 3.8) is 0 Å². The minimum absolute atomic E-state index is 0.147. The Hall–Kier alpha value is -3.59. The molecule has 0 aromatic heterocycles. The lowest BCUT2D eigenvalue weighted by Gasteiger charge is -2.10. The molecule has 0 unspecified atom stereocenters. The van der Waals surface area contributed by atoms with Crippen LogP contribution in [0, 0.1) is 0 Å². The van der Waals surface area contributed by atoms with Crippen LogP contribution in [0.1, 0.15) is 26.3 Å². The topological polar surface area (TPSA) is 106 Å². The highest BCUT2D eigenvalue weighted by atomic mass is 35.5. The van der Waals surface area contributed by atoms with Crippen molar-refractivity contribution < 1.29 is 23.9 Å². The molecule has 0 aliphatic rings. The Morgan fingerprint density at radius 3 is 2.43 bits per heavy atom. The van der Waals surface area contributed by atoms with E-state index in [1.165, 1.54) is 43.7 Å². The molecule has 0 aliphatic carbocycles. The number of hydrogen-bond acceptors (Lipinski definition) is 6. The minimum Gasteiger partial charge on any atom is -0.493 e. The van der Waals surface area contributed by atoms with E-state index in [9.17, 15) is 14.4 Å². The van der Waals surface area contributed by atoms with E-state index in [1.54, 1.807) is 30.3 Å². The molecule has 0 radical (unpaired) electrons. The number of methoxy groups -OCH3 is 1. The van der Waals surface area contributed by atoms with Gasteiger partial charge < -0.3 is 14.8 Å². The molecule has 3 aromatic carbocycles. The summed E-state index contributed by atoms with van der Waals surface area (Å²) in [6.07, 6.45) is 1.36. The van der Waals surface area contributed by atoms with E-state index >= 15 is 0 Å². The van der Waals surface area contributed by atoms with Crippen molar-refractivity contribution in [2.24, 2.45) is 5.10 Å². The Balaban J connectivity index is 1.56. The summed E-state index contributed by atoms with van der Waals surface area (Å²) in [5, 5.41) is 7.28. The van der Waals surface area contributed by atoms with E-state index in [-0.39, 0.29) is 28.6 Å².